The maximum atomic E-state index is 13.0. The lowest BCUT2D eigenvalue weighted by Crippen LogP contribution is -2.33. The van der Waals surface area contributed by atoms with E-state index in [1.165, 1.54) is 24.3 Å². The van der Waals surface area contributed by atoms with Gasteiger partial charge in [-0.05, 0) is 49.4 Å². The molecule has 1 amide bonds. The maximum absolute atomic E-state index is 13.0. The number of hydrogen-bond acceptors (Lipinski definition) is 6. The van der Waals surface area contributed by atoms with Gasteiger partial charge in [-0.1, -0.05) is 0 Å². The Bertz CT molecular complexity index is 1350. The number of carbonyl (C=O) groups is 1. The van der Waals surface area contributed by atoms with Gasteiger partial charge in [0.15, 0.2) is 0 Å². The largest absolute Gasteiger partial charge is 0.487 e. The fourth-order valence-electron chi connectivity index (χ4n) is 3.85. The van der Waals surface area contributed by atoms with Crippen LogP contribution in [-0.2, 0) is 0 Å². The number of aliphatic hydroxyl groups is 1. The predicted octanol–water partition coefficient (Wildman–Crippen LogP) is 4.16. The molecule has 176 valence electrons. The van der Waals surface area contributed by atoms with Gasteiger partial charge in [0.25, 0.3) is 11.9 Å². The molecule has 3 heterocycles. The van der Waals surface area contributed by atoms with Crippen molar-refractivity contribution in [1.82, 2.24) is 19.7 Å². The molecule has 0 saturated carbocycles. The minimum Gasteiger partial charge on any atom is -0.462 e. The third-order valence-electron chi connectivity index (χ3n) is 5.50. The third-order valence-corrected chi connectivity index (χ3v) is 5.58. The summed E-state index contributed by atoms with van der Waals surface area (Å²) < 4.78 is 37.3. The quantitative estimate of drug-likeness (QED) is 0.363. The summed E-state index contributed by atoms with van der Waals surface area (Å²) >= 11 is 4.77. The summed E-state index contributed by atoms with van der Waals surface area (Å²) in [6, 6.07) is 10.5. The summed E-state index contributed by atoms with van der Waals surface area (Å²) in [6.45, 7) is 1.98. The lowest BCUT2D eigenvalue weighted by atomic mass is 10.0. The Labute approximate surface area is 196 Å². The number of imidazole rings is 1. The Morgan fingerprint density at radius 3 is 2.76 bits per heavy atom. The second-order valence-corrected chi connectivity index (χ2v) is 8.21. The first kappa shape index (κ1) is 22.1. The van der Waals surface area contributed by atoms with Crippen LogP contribution in [0, 0.1) is 0 Å². The molecule has 34 heavy (non-hydrogen) atoms. The Morgan fingerprint density at radius 1 is 1.32 bits per heavy atom. The highest BCUT2D eigenvalue weighted by atomic mass is 35.5. The summed E-state index contributed by atoms with van der Waals surface area (Å²) in [4.78, 5) is 17.6. The second-order valence-electron chi connectivity index (χ2n) is 7.77. The van der Waals surface area contributed by atoms with Gasteiger partial charge in [-0.15, -0.1) is 8.78 Å². The number of rotatable bonds is 5. The fourth-order valence-corrected chi connectivity index (χ4v) is 3.94. The summed E-state index contributed by atoms with van der Waals surface area (Å²) in [5, 5.41) is 19.9. The minimum atomic E-state index is -3.83. The number of carbonyl (C=O) groups excluding carboxylic acids is 1. The van der Waals surface area contributed by atoms with E-state index in [2.05, 4.69) is 25.2 Å². The van der Waals surface area contributed by atoms with Crippen LogP contribution < -0.4 is 14.8 Å². The summed E-state index contributed by atoms with van der Waals surface area (Å²) in [7, 11) is 0. The van der Waals surface area contributed by atoms with E-state index in [0.717, 1.165) is 0 Å². The number of nitrogens with one attached hydrogen (secondary N) is 2. The van der Waals surface area contributed by atoms with Gasteiger partial charge in [-0.25, -0.2) is 0 Å². The predicted molar refractivity (Wildman–Crippen MR) is 119 cm³/mol. The number of fused-ring (bicyclic) bond motifs is 3. The molecular formula is C22H18ClF2N5O4. The summed E-state index contributed by atoms with van der Waals surface area (Å²) in [5.41, 5.74) is -0.679. The molecule has 0 bridgehead atoms. The van der Waals surface area contributed by atoms with Crippen molar-refractivity contribution in [2.75, 3.05) is 11.9 Å². The number of alkyl halides is 3. The SMILES string of the molecule is C[C@@H]1[C@H](O)COc2nc3cc(C(=O)Nc4ccc(OC(F)(F)Cl)cc4)cc(-c4ccn[nH]4)c3n21. The average Bonchev–Trinajstić information content (AvgIpc) is 3.44. The van der Waals surface area contributed by atoms with Gasteiger partial charge >= 0.3 is 5.57 Å². The zero-order valence-corrected chi connectivity index (χ0v) is 18.4. The number of aromatic nitrogens is 4. The number of H-pyrrole nitrogens is 1. The lowest BCUT2D eigenvalue weighted by Gasteiger charge is -2.28. The molecular weight excluding hydrogens is 472 g/mol. The van der Waals surface area contributed by atoms with Crippen molar-refractivity contribution in [3.05, 3.63) is 54.2 Å². The molecule has 0 aliphatic carbocycles. The van der Waals surface area contributed by atoms with E-state index >= 15 is 0 Å². The monoisotopic (exact) mass is 489 g/mol. The molecule has 3 N–H and O–H groups in total. The van der Waals surface area contributed by atoms with E-state index < -0.39 is 17.6 Å². The first-order chi connectivity index (χ1) is 16.2. The van der Waals surface area contributed by atoms with Crippen molar-refractivity contribution in [2.45, 2.75) is 24.6 Å². The summed E-state index contributed by atoms with van der Waals surface area (Å²) in [5.74, 6) is -0.597. The molecule has 9 nitrogen and oxygen atoms in total. The number of aromatic amines is 1. The van der Waals surface area contributed by atoms with Gasteiger partial charge in [0.1, 0.15) is 18.5 Å². The second kappa shape index (κ2) is 8.26. The van der Waals surface area contributed by atoms with Crippen molar-refractivity contribution in [3.63, 3.8) is 0 Å². The number of ether oxygens (including phenoxy) is 2. The maximum Gasteiger partial charge on any atom is 0.487 e. The van der Waals surface area contributed by atoms with Gasteiger partial charge in [0.05, 0.1) is 22.8 Å². The van der Waals surface area contributed by atoms with Crippen LogP contribution in [0.15, 0.2) is 48.7 Å². The smallest absolute Gasteiger partial charge is 0.462 e. The van der Waals surface area contributed by atoms with Gasteiger partial charge in [-0.3, -0.25) is 14.5 Å². The number of hydrogen-bond donors (Lipinski definition) is 3. The number of amides is 1. The molecule has 0 fully saturated rings. The van der Waals surface area contributed by atoms with Crippen LogP contribution in [0.3, 0.4) is 0 Å². The number of halogens is 3. The average molecular weight is 490 g/mol. The molecule has 0 spiro atoms. The van der Waals surface area contributed by atoms with Crippen molar-refractivity contribution in [3.8, 4) is 23.0 Å². The van der Waals surface area contributed by atoms with Crippen LogP contribution in [0.1, 0.15) is 23.3 Å². The molecule has 2 atom stereocenters. The summed E-state index contributed by atoms with van der Waals surface area (Å²) in [6.07, 6.45) is 0.873. The fraction of sp³-hybridized carbons (Fsp3) is 0.227. The van der Waals surface area contributed by atoms with Gasteiger partial charge < -0.3 is 19.9 Å². The molecule has 2 aromatic carbocycles. The zero-order valence-electron chi connectivity index (χ0n) is 17.6. The molecule has 12 heteroatoms. The van der Waals surface area contributed by atoms with Crippen molar-refractivity contribution in [1.29, 1.82) is 0 Å². The van der Waals surface area contributed by atoms with Crippen LogP contribution in [0.5, 0.6) is 11.8 Å². The van der Waals surface area contributed by atoms with Gasteiger partial charge in [-0.2, -0.15) is 10.1 Å². The molecule has 2 aromatic heterocycles. The van der Waals surface area contributed by atoms with Crippen molar-refractivity contribution < 1.29 is 28.2 Å². The first-order valence-corrected chi connectivity index (χ1v) is 10.6. The topological polar surface area (TPSA) is 114 Å². The molecule has 5 rings (SSSR count). The molecule has 1 aliphatic rings. The normalized spacial score (nSPS) is 17.8. The Balaban J connectivity index is 1.51. The van der Waals surface area contributed by atoms with E-state index in [9.17, 15) is 18.7 Å². The van der Waals surface area contributed by atoms with Crippen LogP contribution in [-0.4, -0.2) is 49.0 Å². The van der Waals surface area contributed by atoms with E-state index in [4.69, 9.17) is 16.3 Å². The Kier molecular flexibility index (Phi) is 5.37. The van der Waals surface area contributed by atoms with E-state index in [-0.39, 0.29) is 18.4 Å². The number of aliphatic hydroxyl groups excluding tert-OH is 1. The number of anilines is 1. The van der Waals surface area contributed by atoms with E-state index in [1.807, 2.05) is 6.92 Å². The minimum absolute atomic E-state index is 0.118. The third kappa shape index (κ3) is 4.15. The first-order valence-electron chi connectivity index (χ1n) is 10.2. The van der Waals surface area contributed by atoms with Gasteiger partial charge in [0.2, 0.25) is 0 Å². The number of benzene rings is 2. The Hall–Kier alpha value is -3.70. The van der Waals surface area contributed by atoms with Crippen LogP contribution in [0.25, 0.3) is 22.3 Å². The van der Waals surface area contributed by atoms with Crippen LogP contribution >= 0.6 is 11.6 Å². The van der Waals surface area contributed by atoms with Crippen LogP contribution in [0.4, 0.5) is 14.5 Å². The molecule has 0 unspecified atom stereocenters. The van der Waals surface area contributed by atoms with E-state index in [0.29, 0.717) is 39.6 Å². The molecule has 1 aliphatic heterocycles. The van der Waals surface area contributed by atoms with Crippen molar-refractivity contribution >= 4 is 34.2 Å². The lowest BCUT2D eigenvalue weighted by molar-refractivity contribution is -0.0964. The van der Waals surface area contributed by atoms with Crippen molar-refractivity contribution in [2.24, 2.45) is 0 Å². The highest BCUT2D eigenvalue weighted by Crippen LogP contribution is 2.37. The highest BCUT2D eigenvalue weighted by molar-refractivity contribution is 6.20. The molecule has 4 aromatic rings. The van der Waals surface area contributed by atoms with Gasteiger partial charge in [0, 0.05) is 34.6 Å². The highest BCUT2D eigenvalue weighted by Gasteiger charge is 2.31. The van der Waals surface area contributed by atoms with Crippen LogP contribution in [0.2, 0.25) is 0 Å². The molecule has 0 radical (unpaired) electrons. The molecule has 0 saturated heterocycles. The number of nitrogens with zero attached hydrogens (tertiary/aromatic N) is 3. The standard InChI is InChI=1S/C22H18ClF2N5O4/c1-11-18(31)10-33-21-28-17-9-12(8-15(19(17)30(11)21)16-6-7-26-29-16)20(32)27-13-2-4-14(5-3-13)34-22(23,24)25/h2-9,11,18,31H,10H2,1H3,(H,26,29)(H,27,32)/t11-,18-/m1/s1. The van der Waals surface area contributed by atoms with E-state index in [1.54, 1.807) is 29.0 Å². The Morgan fingerprint density at radius 2 is 2.09 bits per heavy atom. The zero-order chi connectivity index (χ0) is 24.0.